The zero-order chi connectivity index (χ0) is 45.7. The second kappa shape index (κ2) is 16.9. The van der Waals surface area contributed by atoms with E-state index < -0.39 is 0 Å². The maximum absolute atomic E-state index is 6.68. The van der Waals surface area contributed by atoms with E-state index in [1.165, 1.54) is 11.1 Å². The van der Waals surface area contributed by atoms with E-state index in [0.29, 0.717) is 5.84 Å². The minimum absolute atomic E-state index is 0.340. The van der Waals surface area contributed by atoms with Crippen molar-refractivity contribution in [3.63, 3.8) is 0 Å². The number of para-hydroxylation sites is 2. The highest BCUT2D eigenvalue weighted by Gasteiger charge is 2.24. The van der Waals surface area contributed by atoms with Crippen molar-refractivity contribution < 1.29 is 4.42 Å². The van der Waals surface area contributed by atoms with Crippen molar-refractivity contribution in [3.05, 3.63) is 259 Å². The smallest absolute Gasteiger partial charge is 0.159 e. The van der Waals surface area contributed by atoms with Crippen LogP contribution in [-0.2, 0) is 0 Å². The van der Waals surface area contributed by atoms with Gasteiger partial charge < -0.3 is 9.73 Å². The van der Waals surface area contributed by atoms with Crippen LogP contribution in [0.1, 0.15) is 22.9 Å². The predicted octanol–water partition coefficient (Wildman–Crippen LogP) is 16.1. The summed E-state index contributed by atoms with van der Waals surface area (Å²) in [6.07, 6.45) is -0.340. The standard InChI is InChI=1S/C64H42N4O/c1-4-15-41(16-5-1)43-27-33-47(34-28-43)62-66-63(48-35-29-44(30-36-48)42-17-6-2-7-18-42)68-64(67-62)49-37-31-45(32-38-49)50-21-14-22-51(39-50)58-59-52-23-10-12-25-55(52)65-61(46-19-8-3-9-20-46)54(59)40-57-60(58)53-24-11-13-26-56(53)69-57/h1-40,62H,(H,66,67,68). The average molecular weight is 883 g/mol. The SMILES string of the molecule is c1ccc(-c2ccc(C3=NC(c4ccc(-c5ccccc5)cc4)NC(c4ccc(-c5cccc(-c6c7c(cc8c(-c9ccccc9)nc9ccccc9c68)oc6ccccc67)c5)cc4)=N3)cc2)cc1. The van der Waals surface area contributed by atoms with Crippen LogP contribution in [0.25, 0.3) is 99.4 Å². The van der Waals surface area contributed by atoms with Crippen LogP contribution in [0.2, 0.25) is 0 Å². The molecular formula is C64H42N4O. The minimum Gasteiger partial charge on any atom is -0.456 e. The van der Waals surface area contributed by atoms with Gasteiger partial charge in [0.1, 0.15) is 23.2 Å². The number of fused-ring (bicyclic) bond motifs is 6. The van der Waals surface area contributed by atoms with Crippen molar-refractivity contribution >= 4 is 55.3 Å². The third kappa shape index (κ3) is 7.34. The molecule has 3 heterocycles. The first-order chi connectivity index (χ1) is 34.2. The van der Waals surface area contributed by atoms with E-state index in [-0.39, 0.29) is 6.17 Å². The predicted molar refractivity (Wildman–Crippen MR) is 286 cm³/mol. The van der Waals surface area contributed by atoms with Crippen LogP contribution in [0.3, 0.4) is 0 Å². The molecule has 0 aliphatic carbocycles. The minimum atomic E-state index is -0.340. The molecule has 5 nitrogen and oxygen atoms in total. The van der Waals surface area contributed by atoms with Gasteiger partial charge in [-0.2, -0.15) is 0 Å². The molecular weight excluding hydrogens is 841 g/mol. The van der Waals surface area contributed by atoms with Crippen molar-refractivity contribution in [2.75, 3.05) is 0 Å². The van der Waals surface area contributed by atoms with Crippen LogP contribution in [0.15, 0.2) is 257 Å². The molecule has 0 saturated heterocycles. The molecule has 1 atom stereocenters. The van der Waals surface area contributed by atoms with Gasteiger partial charge >= 0.3 is 0 Å². The van der Waals surface area contributed by atoms with Gasteiger partial charge in [-0.25, -0.2) is 15.0 Å². The lowest BCUT2D eigenvalue weighted by Gasteiger charge is -2.24. The van der Waals surface area contributed by atoms with Gasteiger partial charge in [-0.05, 0) is 68.8 Å². The Balaban J connectivity index is 0.903. The Hall–Kier alpha value is -9.19. The maximum atomic E-state index is 6.68. The van der Waals surface area contributed by atoms with Crippen LogP contribution in [-0.4, -0.2) is 16.7 Å². The first-order valence-corrected chi connectivity index (χ1v) is 23.4. The zero-order valence-corrected chi connectivity index (χ0v) is 37.4. The summed E-state index contributed by atoms with van der Waals surface area (Å²) in [6, 6.07) is 85.3. The van der Waals surface area contributed by atoms with E-state index in [9.17, 15) is 0 Å². The Morgan fingerprint density at radius 3 is 1.58 bits per heavy atom. The number of nitrogens with one attached hydrogen (secondary N) is 1. The molecule has 0 radical (unpaired) electrons. The van der Waals surface area contributed by atoms with E-state index in [0.717, 1.165) is 111 Å². The Morgan fingerprint density at radius 2 is 0.884 bits per heavy atom. The number of aromatic nitrogens is 1. The van der Waals surface area contributed by atoms with Crippen molar-refractivity contribution in [2.45, 2.75) is 6.17 Å². The molecule has 0 amide bonds. The molecule has 5 heteroatoms. The van der Waals surface area contributed by atoms with E-state index in [1.54, 1.807) is 0 Å². The van der Waals surface area contributed by atoms with Gasteiger partial charge in [-0.3, -0.25) is 0 Å². The van der Waals surface area contributed by atoms with Crippen LogP contribution in [0, 0.1) is 0 Å². The number of benzene rings is 10. The van der Waals surface area contributed by atoms with Crippen LogP contribution in [0.5, 0.6) is 0 Å². The van der Waals surface area contributed by atoms with Crippen LogP contribution >= 0.6 is 0 Å². The monoisotopic (exact) mass is 882 g/mol. The summed E-state index contributed by atoms with van der Waals surface area (Å²) in [5, 5.41) is 9.19. The van der Waals surface area contributed by atoms with Crippen LogP contribution in [0.4, 0.5) is 0 Å². The summed E-state index contributed by atoms with van der Waals surface area (Å²) >= 11 is 0. The number of aliphatic imine (C=N–C) groups is 2. The van der Waals surface area contributed by atoms with Gasteiger partial charge in [0.15, 0.2) is 5.84 Å². The summed E-state index contributed by atoms with van der Waals surface area (Å²) in [4.78, 5) is 15.7. The van der Waals surface area contributed by atoms with Crippen molar-refractivity contribution in [3.8, 4) is 55.8 Å². The fourth-order valence-electron chi connectivity index (χ4n) is 9.92. The van der Waals surface area contributed by atoms with E-state index >= 15 is 0 Å². The van der Waals surface area contributed by atoms with E-state index in [2.05, 4.69) is 224 Å². The molecule has 1 aliphatic heterocycles. The molecule has 69 heavy (non-hydrogen) atoms. The fourth-order valence-corrected chi connectivity index (χ4v) is 9.92. The van der Waals surface area contributed by atoms with Gasteiger partial charge in [-0.15, -0.1) is 0 Å². The Bertz CT molecular complexity index is 3930. The number of nitrogens with zero attached hydrogens (tertiary/aromatic N) is 3. The van der Waals surface area contributed by atoms with Gasteiger partial charge in [0.25, 0.3) is 0 Å². The zero-order valence-electron chi connectivity index (χ0n) is 37.4. The first-order valence-electron chi connectivity index (χ1n) is 23.4. The lowest BCUT2D eigenvalue weighted by atomic mass is 9.88. The highest BCUT2D eigenvalue weighted by molar-refractivity contribution is 6.28. The first kappa shape index (κ1) is 40.1. The summed E-state index contributed by atoms with van der Waals surface area (Å²) in [7, 11) is 0. The second-order valence-corrected chi connectivity index (χ2v) is 17.5. The largest absolute Gasteiger partial charge is 0.456 e. The van der Waals surface area contributed by atoms with Gasteiger partial charge in [-0.1, -0.05) is 218 Å². The Kier molecular flexibility index (Phi) is 9.83. The second-order valence-electron chi connectivity index (χ2n) is 17.5. The topological polar surface area (TPSA) is 62.8 Å². The quantitative estimate of drug-likeness (QED) is 0.155. The van der Waals surface area contributed by atoms with E-state index in [4.69, 9.17) is 19.4 Å². The summed E-state index contributed by atoms with van der Waals surface area (Å²) in [6.45, 7) is 0. The van der Waals surface area contributed by atoms with Gasteiger partial charge in [0.2, 0.25) is 0 Å². The lowest BCUT2D eigenvalue weighted by molar-refractivity contribution is 0.669. The highest BCUT2D eigenvalue weighted by Crippen LogP contribution is 2.47. The average Bonchev–Trinajstić information content (AvgIpc) is 3.81. The molecule has 1 N–H and O–H groups in total. The van der Waals surface area contributed by atoms with Gasteiger partial charge in [0, 0.05) is 49.2 Å². The normalized spacial score (nSPS) is 13.7. The molecule has 0 bridgehead atoms. The fraction of sp³-hybridized carbons (Fsp3) is 0.0156. The molecule has 10 aromatic carbocycles. The molecule has 324 valence electrons. The Morgan fingerprint density at radius 1 is 0.362 bits per heavy atom. The third-order valence-electron chi connectivity index (χ3n) is 13.3. The molecule has 0 fully saturated rings. The van der Waals surface area contributed by atoms with E-state index in [1.807, 2.05) is 24.3 Å². The maximum Gasteiger partial charge on any atom is 0.159 e. The molecule has 12 aromatic rings. The molecule has 1 unspecified atom stereocenters. The van der Waals surface area contributed by atoms with Gasteiger partial charge in [0.05, 0.1) is 11.2 Å². The number of rotatable bonds is 8. The molecule has 0 saturated carbocycles. The molecule has 2 aromatic heterocycles. The third-order valence-corrected chi connectivity index (χ3v) is 13.3. The number of pyridine rings is 1. The summed E-state index contributed by atoms with van der Waals surface area (Å²) in [5.74, 6) is 1.45. The summed E-state index contributed by atoms with van der Waals surface area (Å²) < 4.78 is 6.68. The molecule has 13 rings (SSSR count). The van der Waals surface area contributed by atoms with Crippen LogP contribution < -0.4 is 5.32 Å². The summed E-state index contributed by atoms with van der Waals surface area (Å²) in [5.41, 5.74) is 16.7. The number of hydrogen-bond donors (Lipinski definition) is 1. The number of amidine groups is 2. The number of hydrogen-bond acceptors (Lipinski definition) is 5. The van der Waals surface area contributed by atoms with Crippen molar-refractivity contribution in [1.82, 2.24) is 10.3 Å². The molecule has 1 aliphatic rings. The molecule has 0 spiro atoms. The lowest BCUT2D eigenvalue weighted by Crippen LogP contribution is -2.33. The Labute approximate surface area is 399 Å². The number of furan rings is 1. The van der Waals surface area contributed by atoms with Crippen molar-refractivity contribution in [2.24, 2.45) is 9.98 Å². The van der Waals surface area contributed by atoms with Crippen molar-refractivity contribution in [1.29, 1.82) is 0 Å². The highest BCUT2D eigenvalue weighted by atomic mass is 16.3.